The van der Waals surface area contributed by atoms with Crippen LogP contribution in [-0.2, 0) is 7.05 Å². The monoisotopic (exact) mass is 228 g/mol. The molecule has 1 aromatic heterocycles. The molecule has 1 fully saturated rings. The summed E-state index contributed by atoms with van der Waals surface area (Å²) in [6.45, 7) is 1.60. The highest BCUT2D eigenvalue weighted by molar-refractivity contribution is 5.98. The standard InChI is InChI=1S/C14H16N2O/c1-9(17)11-6-7-12-13(8-11)16(2)15-14(12)10-4-3-5-10/h6-8,10H,3-5H2,1-2H3. The summed E-state index contributed by atoms with van der Waals surface area (Å²) in [5.74, 6) is 0.736. The van der Waals surface area contributed by atoms with Crippen LogP contribution in [0.2, 0.25) is 0 Å². The minimum Gasteiger partial charge on any atom is -0.295 e. The van der Waals surface area contributed by atoms with Gasteiger partial charge in [-0.1, -0.05) is 18.6 Å². The van der Waals surface area contributed by atoms with Gasteiger partial charge in [-0.15, -0.1) is 0 Å². The van der Waals surface area contributed by atoms with Crippen LogP contribution in [0.25, 0.3) is 10.9 Å². The lowest BCUT2D eigenvalue weighted by atomic mass is 9.82. The average molecular weight is 228 g/mol. The molecular formula is C14H16N2O. The van der Waals surface area contributed by atoms with Crippen LogP contribution in [0.4, 0.5) is 0 Å². The van der Waals surface area contributed by atoms with Gasteiger partial charge >= 0.3 is 0 Å². The molecule has 0 amide bonds. The van der Waals surface area contributed by atoms with Gasteiger partial charge in [0, 0.05) is 23.9 Å². The van der Waals surface area contributed by atoms with Crippen LogP contribution < -0.4 is 0 Å². The third-order valence-corrected chi connectivity index (χ3v) is 3.78. The summed E-state index contributed by atoms with van der Waals surface area (Å²) >= 11 is 0. The highest BCUT2D eigenvalue weighted by atomic mass is 16.1. The Morgan fingerprint density at radius 1 is 1.41 bits per heavy atom. The number of rotatable bonds is 2. The Kier molecular flexibility index (Phi) is 2.28. The third-order valence-electron chi connectivity index (χ3n) is 3.78. The first-order chi connectivity index (χ1) is 8.16. The molecule has 0 saturated heterocycles. The largest absolute Gasteiger partial charge is 0.295 e. The fourth-order valence-electron chi connectivity index (χ4n) is 2.49. The molecule has 3 nitrogen and oxygen atoms in total. The quantitative estimate of drug-likeness (QED) is 0.740. The molecule has 3 heteroatoms. The average Bonchev–Trinajstić information content (AvgIpc) is 2.54. The number of nitrogens with zero attached hydrogens (tertiary/aromatic N) is 2. The molecule has 1 saturated carbocycles. The van der Waals surface area contributed by atoms with E-state index in [9.17, 15) is 4.79 Å². The summed E-state index contributed by atoms with van der Waals surface area (Å²) in [7, 11) is 1.95. The van der Waals surface area contributed by atoms with E-state index >= 15 is 0 Å². The number of aryl methyl sites for hydroxylation is 1. The number of Topliss-reactive ketones (excluding diaryl/α,β-unsaturated/α-hetero) is 1. The first kappa shape index (κ1) is 10.5. The molecule has 0 unspecified atom stereocenters. The summed E-state index contributed by atoms with van der Waals surface area (Å²) < 4.78 is 1.90. The lowest BCUT2D eigenvalue weighted by molar-refractivity contribution is 0.101. The number of aromatic nitrogens is 2. The van der Waals surface area contributed by atoms with Crippen LogP contribution >= 0.6 is 0 Å². The Balaban J connectivity index is 2.17. The Morgan fingerprint density at radius 3 is 2.76 bits per heavy atom. The fraction of sp³-hybridized carbons (Fsp3) is 0.429. The van der Waals surface area contributed by atoms with Crippen molar-refractivity contribution in [2.24, 2.45) is 7.05 Å². The molecule has 0 atom stereocenters. The predicted octanol–water partition coefficient (Wildman–Crippen LogP) is 3.04. The lowest BCUT2D eigenvalue weighted by Crippen LogP contribution is -2.09. The van der Waals surface area contributed by atoms with Gasteiger partial charge < -0.3 is 0 Å². The van der Waals surface area contributed by atoms with E-state index in [1.54, 1.807) is 6.92 Å². The maximum atomic E-state index is 11.4. The second kappa shape index (κ2) is 3.69. The van der Waals surface area contributed by atoms with E-state index in [4.69, 9.17) is 0 Å². The summed E-state index contributed by atoms with van der Waals surface area (Å²) in [6.07, 6.45) is 3.81. The highest BCUT2D eigenvalue weighted by Crippen LogP contribution is 2.38. The van der Waals surface area contributed by atoms with Crippen LogP contribution in [0.5, 0.6) is 0 Å². The van der Waals surface area contributed by atoms with E-state index in [1.165, 1.54) is 30.3 Å². The maximum absolute atomic E-state index is 11.4. The molecule has 1 aromatic carbocycles. The summed E-state index contributed by atoms with van der Waals surface area (Å²) in [5, 5.41) is 5.83. The topological polar surface area (TPSA) is 34.9 Å². The van der Waals surface area contributed by atoms with Crippen molar-refractivity contribution in [2.75, 3.05) is 0 Å². The number of hydrogen-bond acceptors (Lipinski definition) is 2. The number of benzene rings is 1. The van der Waals surface area contributed by atoms with Crippen LogP contribution in [0.1, 0.15) is 48.2 Å². The third kappa shape index (κ3) is 1.57. The smallest absolute Gasteiger partial charge is 0.159 e. The number of ketones is 1. The van der Waals surface area contributed by atoms with Gasteiger partial charge in [0.05, 0.1) is 11.2 Å². The van der Waals surface area contributed by atoms with Gasteiger partial charge in [0.1, 0.15) is 0 Å². The molecule has 88 valence electrons. The van der Waals surface area contributed by atoms with E-state index < -0.39 is 0 Å². The molecule has 0 radical (unpaired) electrons. The lowest BCUT2D eigenvalue weighted by Gasteiger charge is -2.23. The normalized spacial score (nSPS) is 16.1. The minimum atomic E-state index is 0.110. The van der Waals surface area contributed by atoms with Gasteiger partial charge in [0.25, 0.3) is 0 Å². The first-order valence-electron chi connectivity index (χ1n) is 6.14. The van der Waals surface area contributed by atoms with Gasteiger partial charge in [-0.25, -0.2) is 0 Å². The van der Waals surface area contributed by atoms with Crippen LogP contribution in [0.15, 0.2) is 18.2 Å². The molecule has 1 heterocycles. The Labute approximate surface area is 100 Å². The second-order valence-electron chi connectivity index (χ2n) is 4.92. The van der Waals surface area contributed by atoms with Crippen molar-refractivity contribution < 1.29 is 4.79 Å². The van der Waals surface area contributed by atoms with E-state index in [1.807, 2.05) is 29.9 Å². The number of carbonyl (C=O) groups excluding carboxylic acids is 1. The van der Waals surface area contributed by atoms with E-state index in [0.29, 0.717) is 5.92 Å². The Bertz CT molecular complexity index is 594. The van der Waals surface area contributed by atoms with Gasteiger partial charge in [0.15, 0.2) is 5.78 Å². The van der Waals surface area contributed by atoms with Crippen molar-refractivity contribution in [1.82, 2.24) is 9.78 Å². The van der Waals surface area contributed by atoms with Gasteiger partial charge in [-0.3, -0.25) is 9.48 Å². The van der Waals surface area contributed by atoms with E-state index in [0.717, 1.165) is 11.1 Å². The van der Waals surface area contributed by atoms with Crippen molar-refractivity contribution in [3.05, 3.63) is 29.5 Å². The van der Waals surface area contributed by atoms with Crippen molar-refractivity contribution >= 4 is 16.7 Å². The van der Waals surface area contributed by atoms with Crippen LogP contribution in [0, 0.1) is 0 Å². The molecule has 0 N–H and O–H groups in total. The fourth-order valence-corrected chi connectivity index (χ4v) is 2.49. The van der Waals surface area contributed by atoms with Crippen molar-refractivity contribution in [1.29, 1.82) is 0 Å². The zero-order valence-electron chi connectivity index (χ0n) is 10.2. The predicted molar refractivity (Wildman–Crippen MR) is 67.3 cm³/mol. The van der Waals surface area contributed by atoms with Crippen LogP contribution in [-0.4, -0.2) is 15.6 Å². The molecule has 2 aromatic rings. The van der Waals surface area contributed by atoms with Crippen molar-refractivity contribution in [2.45, 2.75) is 32.1 Å². The maximum Gasteiger partial charge on any atom is 0.159 e. The molecule has 0 spiro atoms. The van der Waals surface area contributed by atoms with E-state index in [-0.39, 0.29) is 5.78 Å². The van der Waals surface area contributed by atoms with Gasteiger partial charge in [-0.2, -0.15) is 5.10 Å². The summed E-state index contributed by atoms with van der Waals surface area (Å²) in [4.78, 5) is 11.4. The number of hydrogen-bond donors (Lipinski definition) is 0. The first-order valence-corrected chi connectivity index (χ1v) is 6.14. The van der Waals surface area contributed by atoms with Crippen LogP contribution in [0.3, 0.4) is 0 Å². The molecular weight excluding hydrogens is 212 g/mol. The zero-order valence-corrected chi connectivity index (χ0v) is 10.2. The number of fused-ring (bicyclic) bond motifs is 1. The molecule has 1 aliphatic carbocycles. The summed E-state index contributed by atoms with van der Waals surface area (Å²) in [5.41, 5.74) is 3.05. The summed E-state index contributed by atoms with van der Waals surface area (Å²) in [6, 6.07) is 5.91. The Morgan fingerprint density at radius 2 is 2.18 bits per heavy atom. The van der Waals surface area contributed by atoms with Crippen molar-refractivity contribution in [3.63, 3.8) is 0 Å². The van der Waals surface area contributed by atoms with Gasteiger partial charge in [-0.05, 0) is 25.8 Å². The Hall–Kier alpha value is -1.64. The second-order valence-corrected chi connectivity index (χ2v) is 4.92. The van der Waals surface area contributed by atoms with Gasteiger partial charge in [0.2, 0.25) is 0 Å². The van der Waals surface area contributed by atoms with E-state index in [2.05, 4.69) is 5.10 Å². The van der Waals surface area contributed by atoms with Crippen molar-refractivity contribution in [3.8, 4) is 0 Å². The minimum absolute atomic E-state index is 0.110. The zero-order chi connectivity index (χ0) is 12.0. The molecule has 17 heavy (non-hydrogen) atoms. The molecule has 0 aliphatic heterocycles. The SMILES string of the molecule is CC(=O)c1ccc2c(C3CCC3)nn(C)c2c1. The molecule has 0 bridgehead atoms. The molecule has 3 rings (SSSR count). The number of carbonyl (C=O) groups is 1. The highest BCUT2D eigenvalue weighted by Gasteiger charge is 2.24. The molecule has 1 aliphatic rings.